The Balaban J connectivity index is 2.06. The quantitative estimate of drug-likeness (QED) is 0.847. The lowest BCUT2D eigenvalue weighted by Gasteiger charge is -2.58. The zero-order chi connectivity index (χ0) is 14.3. The van der Waals surface area contributed by atoms with E-state index >= 15 is 0 Å². The second-order valence-corrected chi connectivity index (χ2v) is 6.70. The van der Waals surface area contributed by atoms with Crippen molar-refractivity contribution in [1.82, 2.24) is 4.90 Å². The summed E-state index contributed by atoms with van der Waals surface area (Å²) in [5.74, 6) is 0.0975. The molecule has 110 valence electrons. The van der Waals surface area contributed by atoms with Crippen LogP contribution in [0.15, 0.2) is 0 Å². The van der Waals surface area contributed by atoms with Gasteiger partial charge in [0.2, 0.25) is 5.91 Å². The number of hydrogen-bond acceptors (Lipinski definition) is 3. The maximum absolute atomic E-state index is 12.7. The molecule has 1 amide bonds. The Hall–Kier alpha value is -0.610. The van der Waals surface area contributed by atoms with E-state index in [1.165, 1.54) is 12.8 Å². The van der Waals surface area contributed by atoms with Crippen LogP contribution in [0.4, 0.5) is 0 Å². The van der Waals surface area contributed by atoms with E-state index in [-0.39, 0.29) is 17.4 Å². The third kappa shape index (κ3) is 2.19. The molecular formula is C15H28N2O2. The van der Waals surface area contributed by atoms with Gasteiger partial charge in [-0.05, 0) is 19.8 Å². The van der Waals surface area contributed by atoms with Crippen molar-refractivity contribution in [3.8, 4) is 0 Å². The van der Waals surface area contributed by atoms with Crippen molar-refractivity contribution in [1.29, 1.82) is 0 Å². The van der Waals surface area contributed by atoms with E-state index in [0.717, 1.165) is 12.8 Å². The highest BCUT2D eigenvalue weighted by Crippen LogP contribution is 2.50. The Labute approximate surface area is 116 Å². The molecule has 0 saturated heterocycles. The Morgan fingerprint density at radius 2 is 1.95 bits per heavy atom. The maximum Gasteiger partial charge on any atom is 0.243 e. The van der Waals surface area contributed by atoms with Gasteiger partial charge in [-0.1, -0.05) is 26.7 Å². The van der Waals surface area contributed by atoms with Crippen molar-refractivity contribution >= 4 is 5.91 Å². The van der Waals surface area contributed by atoms with Crippen LogP contribution in [-0.2, 0) is 9.53 Å². The first-order valence-corrected chi connectivity index (χ1v) is 7.52. The van der Waals surface area contributed by atoms with Crippen LogP contribution in [0.2, 0.25) is 0 Å². The Kier molecular flexibility index (Phi) is 3.94. The predicted molar refractivity (Wildman–Crippen MR) is 75.8 cm³/mol. The summed E-state index contributed by atoms with van der Waals surface area (Å²) in [7, 11) is 1.91. The molecule has 2 aliphatic rings. The first kappa shape index (κ1) is 14.8. The number of likely N-dealkylation sites (N-methyl/N-ethyl adjacent to an activating group) is 1. The average molecular weight is 268 g/mol. The van der Waals surface area contributed by atoms with E-state index in [1.807, 2.05) is 18.9 Å². The zero-order valence-corrected chi connectivity index (χ0v) is 12.7. The molecule has 19 heavy (non-hydrogen) atoms. The van der Waals surface area contributed by atoms with Crippen LogP contribution in [-0.4, -0.2) is 42.1 Å². The van der Waals surface area contributed by atoms with Gasteiger partial charge in [-0.3, -0.25) is 4.79 Å². The minimum atomic E-state index is -0.760. The van der Waals surface area contributed by atoms with Crippen LogP contribution in [0, 0.1) is 5.41 Å². The first-order chi connectivity index (χ1) is 8.84. The van der Waals surface area contributed by atoms with Crippen molar-refractivity contribution in [2.45, 2.75) is 70.6 Å². The highest BCUT2D eigenvalue weighted by molar-refractivity contribution is 5.89. The second kappa shape index (κ2) is 5.06. The summed E-state index contributed by atoms with van der Waals surface area (Å²) in [6.45, 7) is 6.77. The van der Waals surface area contributed by atoms with Gasteiger partial charge in [0.1, 0.15) is 5.54 Å². The van der Waals surface area contributed by atoms with Crippen LogP contribution in [0.25, 0.3) is 0 Å². The standard InChI is InChI=1S/C15H28N2O2/c1-5-19-12-10-15(16,14(12,2)3)13(18)17(4)11-8-6-7-9-11/h11-12H,5-10,16H2,1-4H3. The first-order valence-electron chi connectivity index (χ1n) is 7.52. The fourth-order valence-corrected chi connectivity index (χ4v) is 3.57. The molecule has 2 fully saturated rings. The Morgan fingerprint density at radius 1 is 1.37 bits per heavy atom. The molecule has 0 aromatic heterocycles. The summed E-state index contributed by atoms with van der Waals surface area (Å²) >= 11 is 0. The summed E-state index contributed by atoms with van der Waals surface area (Å²) in [5.41, 5.74) is 5.40. The van der Waals surface area contributed by atoms with Crippen molar-refractivity contribution < 1.29 is 9.53 Å². The van der Waals surface area contributed by atoms with Gasteiger partial charge in [0.05, 0.1) is 6.10 Å². The van der Waals surface area contributed by atoms with E-state index in [2.05, 4.69) is 13.8 Å². The molecule has 2 aliphatic carbocycles. The molecule has 2 saturated carbocycles. The summed E-state index contributed by atoms with van der Waals surface area (Å²) < 4.78 is 5.69. The third-order valence-electron chi connectivity index (χ3n) is 5.40. The van der Waals surface area contributed by atoms with Crippen LogP contribution in [0.3, 0.4) is 0 Å². The topological polar surface area (TPSA) is 55.6 Å². The van der Waals surface area contributed by atoms with Crippen LogP contribution < -0.4 is 5.73 Å². The lowest BCUT2D eigenvalue weighted by atomic mass is 9.54. The van der Waals surface area contributed by atoms with E-state index in [0.29, 0.717) is 19.1 Å². The van der Waals surface area contributed by atoms with Gasteiger partial charge in [0, 0.05) is 31.5 Å². The summed E-state index contributed by atoms with van der Waals surface area (Å²) in [5, 5.41) is 0. The number of nitrogens with zero attached hydrogens (tertiary/aromatic N) is 1. The molecule has 4 nitrogen and oxygen atoms in total. The number of ether oxygens (including phenoxy) is 1. The smallest absolute Gasteiger partial charge is 0.243 e. The number of carbonyl (C=O) groups is 1. The average Bonchev–Trinajstić information content (AvgIpc) is 2.90. The molecule has 0 spiro atoms. The van der Waals surface area contributed by atoms with E-state index in [9.17, 15) is 4.79 Å². The maximum atomic E-state index is 12.7. The van der Waals surface area contributed by atoms with E-state index in [4.69, 9.17) is 10.5 Å². The van der Waals surface area contributed by atoms with Gasteiger partial charge in [-0.15, -0.1) is 0 Å². The van der Waals surface area contributed by atoms with Gasteiger partial charge in [-0.2, -0.15) is 0 Å². The van der Waals surface area contributed by atoms with Crippen molar-refractivity contribution in [2.75, 3.05) is 13.7 Å². The monoisotopic (exact) mass is 268 g/mol. The molecule has 0 heterocycles. The molecule has 2 unspecified atom stereocenters. The third-order valence-corrected chi connectivity index (χ3v) is 5.40. The van der Waals surface area contributed by atoms with Crippen molar-refractivity contribution in [2.24, 2.45) is 11.1 Å². The highest BCUT2D eigenvalue weighted by atomic mass is 16.5. The molecule has 2 rings (SSSR count). The largest absolute Gasteiger partial charge is 0.378 e. The van der Waals surface area contributed by atoms with Crippen LogP contribution >= 0.6 is 0 Å². The van der Waals surface area contributed by atoms with Gasteiger partial charge >= 0.3 is 0 Å². The number of rotatable bonds is 4. The minimum absolute atomic E-state index is 0.0975. The number of carbonyl (C=O) groups excluding carboxylic acids is 1. The molecule has 4 heteroatoms. The summed E-state index contributed by atoms with van der Waals surface area (Å²) in [6.07, 6.45) is 5.43. The molecule has 0 aromatic rings. The second-order valence-electron chi connectivity index (χ2n) is 6.70. The Morgan fingerprint density at radius 3 is 2.42 bits per heavy atom. The van der Waals surface area contributed by atoms with Gasteiger partial charge in [-0.25, -0.2) is 0 Å². The molecule has 2 atom stereocenters. The molecule has 0 bridgehead atoms. The highest BCUT2D eigenvalue weighted by Gasteiger charge is 2.63. The molecule has 0 radical (unpaired) electrons. The fourth-order valence-electron chi connectivity index (χ4n) is 3.57. The normalized spacial score (nSPS) is 34.1. The van der Waals surface area contributed by atoms with Crippen LogP contribution in [0.5, 0.6) is 0 Å². The molecular weight excluding hydrogens is 240 g/mol. The SMILES string of the molecule is CCOC1CC(N)(C(=O)N(C)C2CCCC2)C1(C)C. The lowest BCUT2D eigenvalue weighted by molar-refractivity contribution is -0.179. The number of hydrogen-bond donors (Lipinski definition) is 1. The summed E-state index contributed by atoms with van der Waals surface area (Å²) in [6, 6.07) is 0.384. The molecule has 2 N–H and O–H groups in total. The van der Waals surface area contributed by atoms with Gasteiger partial charge in [0.25, 0.3) is 0 Å². The zero-order valence-electron chi connectivity index (χ0n) is 12.7. The lowest BCUT2D eigenvalue weighted by Crippen LogP contribution is -2.76. The fraction of sp³-hybridized carbons (Fsp3) is 0.933. The van der Waals surface area contributed by atoms with Gasteiger partial charge in [0.15, 0.2) is 0 Å². The number of amides is 1. The summed E-state index contributed by atoms with van der Waals surface area (Å²) in [4.78, 5) is 14.6. The van der Waals surface area contributed by atoms with Gasteiger partial charge < -0.3 is 15.4 Å². The molecule has 0 aromatic carbocycles. The number of nitrogens with two attached hydrogens (primary N) is 1. The minimum Gasteiger partial charge on any atom is -0.378 e. The molecule has 0 aliphatic heterocycles. The van der Waals surface area contributed by atoms with E-state index < -0.39 is 5.54 Å². The van der Waals surface area contributed by atoms with Crippen molar-refractivity contribution in [3.05, 3.63) is 0 Å². The Bertz CT molecular complexity index is 350. The van der Waals surface area contributed by atoms with Crippen molar-refractivity contribution in [3.63, 3.8) is 0 Å². The van der Waals surface area contributed by atoms with E-state index in [1.54, 1.807) is 0 Å². The predicted octanol–water partition coefficient (Wildman–Crippen LogP) is 1.92. The van der Waals surface area contributed by atoms with Crippen LogP contribution in [0.1, 0.15) is 52.9 Å².